The van der Waals surface area contributed by atoms with Gasteiger partial charge in [0.15, 0.2) is 0 Å². The van der Waals surface area contributed by atoms with E-state index in [0.29, 0.717) is 0 Å². The maximum Gasteiger partial charge on any atom is 0.324 e. The SMILES string of the molecule is O=C(O)CN1C(=O)c2c(ccc3c([N+](=O)[O-])cccc23)S1(=O)=O. The summed E-state index contributed by atoms with van der Waals surface area (Å²) in [5, 5.41) is 20.0. The van der Waals surface area contributed by atoms with Crippen molar-refractivity contribution in [2.24, 2.45) is 0 Å². The van der Waals surface area contributed by atoms with Gasteiger partial charge in [-0.05, 0) is 12.1 Å². The molecule has 1 amide bonds. The second-order valence-electron chi connectivity index (χ2n) is 4.78. The Morgan fingerprint density at radius 1 is 1.22 bits per heavy atom. The maximum absolute atomic E-state index is 12.4. The van der Waals surface area contributed by atoms with Crippen molar-refractivity contribution in [3.63, 3.8) is 0 Å². The number of nitro benzene ring substituents is 1. The second-order valence-corrected chi connectivity index (χ2v) is 6.61. The quantitative estimate of drug-likeness (QED) is 0.652. The van der Waals surface area contributed by atoms with Crippen molar-refractivity contribution in [3.8, 4) is 0 Å². The summed E-state index contributed by atoms with van der Waals surface area (Å²) in [6.07, 6.45) is 0. The summed E-state index contributed by atoms with van der Waals surface area (Å²) in [4.78, 5) is 33.2. The van der Waals surface area contributed by atoms with Crippen LogP contribution in [0, 0.1) is 10.1 Å². The number of hydrogen-bond acceptors (Lipinski definition) is 6. The van der Waals surface area contributed by atoms with Gasteiger partial charge in [0.05, 0.1) is 15.9 Å². The fourth-order valence-electron chi connectivity index (χ4n) is 2.55. The lowest BCUT2D eigenvalue weighted by Gasteiger charge is -2.11. The number of nitro groups is 1. The van der Waals surface area contributed by atoms with Gasteiger partial charge < -0.3 is 5.11 Å². The van der Waals surface area contributed by atoms with Crippen LogP contribution in [0.4, 0.5) is 5.69 Å². The third-order valence-electron chi connectivity index (χ3n) is 3.48. The molecule has 1 aliphatic heterocycles. The maximum atomic E-state index is 12.4. The van der Waals surface area contributed by atoms with Crippen LogP contribution in [0.3, 0.4) is 0 Å². The van der Waals surface area contributed by atoms with Crippen LogP contribution in [0.25, 0.3) is 10.8 Å². The van der Waals surface area contributed by atoms with E-state index in [1.807, 2.05) is 0 Å². The first-order chi connectivity index (χ1) is 10.7. The van der Waals surface area contributed by atoms with E-state index in [2.05, 4.69) is 0 Å². The Balaban J connectivity index is 2.35. The van der Waals surface area contributed by atoms with E-state index in [1.54, 1.807) is 0 Å². The monoisotopic (exact) mass is 336 g/mol. The minimum atomic E-state index is -4.28. The molecule has 2 aromatic rings. The molecular weight excluding hydrogens is 328 g/mol. The molecule has 0 saturated carbocycles. The fraction of sp³-hybridized carbons (Fsp3) is 0.0769. The largest absolute Gasteiger partial charge is 0.480 e. The summed E-state index contributed by atoms with van der Waals surface area (Å²) in [6, 6.07) is 6.28. The van der Waals surface area contributed by atoms with Gasteiger partial charge in [-0.15, -0.1) is 0 Å². The van der Waals surface area contributed by atoms with Gasteiger partial charge >= 0.3 is 5.97 Å². The van der Waals surface area contributed by atoms with Gasteiger partial charge in [0.25, 0.3) is 21.6 Å². The minimum Gasteiger partial charge on any atom is -0.480 e. The van der Waals surface area contributed by atoms with Crippen LogP contribution in [0.5, 0.6) is 0 Å². The zero-order valence-electron chi connectivity index (χ0n) is 11.3. The highest BCUT2D eigenvalue weighted by atomic mass is 32.2. The number of sulfonamides is 1. The first-order valence-corrected chi connectivity index (χ1v) is 7.68. The highest BCUT2D eigenvalue weighted by Gasteiger charge is 2.43. The van der Waals surface area contributed by atoms with E-state index in [9.17, 15) is 28.1 Å². The van der Waals surface area contributed by atoms with Gasteiger partial charge in [-0.3, -0.25) is 19.7 Å². The number of fused-ring (bicyclic) bond motifs is 3. The zero-order chi connectivity index (χ0) is 16.9. The van der Waals surface area contributed by atoms with Crippen molar-refractivity contribution in [3.05, 3.63) is 46.0 Å². The molecule has 0 unspecified atom stereocenters. The summed E-state index contributed by atoms with van der Waals surface area (Å²) in [5.74, 6) is -2.49. The summed E-state index contributed by atoms with van der Waals surface area (Å²) in [6.45, 7) is -1.01. The van der Waals surface area contributed by atoms with Crippen LogP contribution in [0.1, 0.15) is 10.4 Å². The summed E-state index contributed by atoms with van der Waals surface area (Å²) in [7, 11) is -4.28. The number of hydrogen-bond donors (Lipinski definition) is 1. The van der Waals surface area contributed by atoms with E-state index >= 15 is 0 Å². The number of carbonyl (C=O) groups is 2. The number of non-ortho nitro benzene ring substituents is 1. The van der Waals surface area contributed by atoms with E-state index in [-0.39, 0.29) is 31.2 Å². The number of carboxylic acids is 1. The number of nitrogens with zero attached hydrogens (tertiary/aromatic N) is 2. The molecule has 2 aromatic carbocycles. The van der Waals surface area contributed by atoms with Crippen molar-refractivity contribution in [1.29, 1.82) is 0 Å². The van der Waals surface area contributed by atoms with Crippen molar-refractivity contribution < 1.29 is 28.0 Å². The van der Waals surface area contributed by atoms with Gasteiger partial charge in [0.1, 0.15) is 11.4 Å². The highest BCUT2D eigenvalue weighted by molar-refractivity contribution is 7.90. The Kier molecular flexibility index (Phi) is 3.08. The van der Waals surface area contributed by atoms with Crippen LogP contribution < -0.4 is 0 Å². The van der Waals surface area contributed by atoms with Gasteiger partial charge in [0, 0.05) is 11.5 Å². The van der Waals surface area contributed by atoms with Gasteiger partial charge in [-0.2, -0.15) is 0 Å². The molecule has 0 bridgehead atoms. The minimum absolute atomic E-state index is 0.0955. The van der Waals surface area contributed by atoms with Crippen molar-refractivity contribution in [2.45, 2.75) is 4.90 Å². The summed E-state index contributed by atoms with van der Waals surface area (Å²) < 4.78 is 24.8. The van der Waals surface area contributed by atoms with Crippen LogP contribution in [0.15, 0.2) is 35.2 Å². The van der Waals surface area contributed by atoms with E-state index in [1.165, 1.54) is 24.3 Å². The molecular formula is C13H8N2O7S. The summed E-state index contributed by atoms with van der Waals surface area (Å²) in [5.41, 5.74) is -0.514. The van der Waals surface area contributed by atoms with Crippen LogP contribution >= 0.6 is 0 Å². The molecule has 0 aliphatic carbocycles. The third-order valence-corrected chi connectivity index (χ3v) is 5.26. The molecule has 1 heterocycles. The number of carbonyl (C=O) groups excluding carboxylic acids is 1. The number of benzene rings is 2. The Hall–Kier alpha value is -3.01. The molecule has 10 heteroatoms. The van der Waals surface area contributed by atoms with Crippen molar-refractivity contribution >= 4 is 38.4 Å². The topological polar surface area (TPSA) is 135 Å². The molecule has 0 radical (unpaired) electrons. The molecule has 118 valence electrons. The van der Waals surface area contributed by atoms with Gasteiger partial charge in [-0.1, -0.05) is 12.1 Å². The summed E-state index contributed by atoms with van der Waals surface area (Å²) >= 11 is 0. The predicted octanol–water partition coefficient (Wildman–Crippen LogP) is 0.977. The molecule has 0 aromatic heterocycles. The molecule has 1 aliphatic rings. The molecule has 23 heavy (non-hydrogen) atoms. The zero-order valence-corrected chi connectivity index (χ0v) is 12.1. The average molecular weight is 336 g/mol. The van der Waals surface area contributed by atoms with Gasteiger partial charge in [0.2, 0.25) is 0 Å². The number of amides is 1. The normalized spacial score (nSPS) is 15.7. The molecule has 0 spiro atoms. The Labute approximate surface area is 128 Å². The smallest absolute Gasteiger partial charge is 0.324 e. The number of rotatable bonds is 3. The fourth-order valence-corrected chi connectivity index (χ4v) is 4.07. The van der Waals surface area contributed by atoms with E-state index < -0.39 is 33.4 Å². The van der Waals surface area contributed by atoms with Crippen molar-refractivity contribution in [2.75, 3.05) is 6.54 Å². The average Bonchev–Trinajstić information content (AvgIpc) is 2.67. The van der Waals surface area contributed by atoms with Crippen molar-refractivity contribution in [1.82, 2.24) is 4.31 Å². The predicted molar refractivity (Wildman–Crippen MR) is 76.5 cm³/mol. The number of carboxylic acid groups (broad SMARTS) is 1. The van der Waals surface area contributed by atoms with E-state index in [4.69, 9.17) is 5.11 Å². The van der Waals surface area contributed by atoms with Gasteiger partial charge in [-0.25, -0.2) is 12.7 Å². The first kappa shape index (κ1) is 14.9. The Morgan fingerprint density at radius 3 is 2.52 bits per heavy atom. The lowest BCUT2D eigenvalue weighted by molar-refractivity contribution is -0.383. The lowest BCUT2D eigenvalue weighted by Crippen LogP contribution is -2.34. The molecule has 9 nitrogen and oxygen atoms in total. The number of aliphatic carboxylic acids is 1. The molecule has 0 fully saturated rings. The molecule has 1 N–H and O–H groups in total. The van der Waals surface area contributed by atoms with Crippen LogP contribution in [-0.4, -0.2) is 41.2 Å². The second kappa shape index (κ2) is 4.74. The van der Waals surface area contributed by atoms with Crippen LogP contribution in [0.2, 0.25) is 0 Å². The Bertz CT molecular complexity index is 997. The first-order valence-electron chi connectivity index (χ1n) is 6.24. The molecule has 0 atom stereocenters. The lowest BCUT2D eigenvalue weighted by atomic mass is 10.0. The molecule has 0 saturated heterocycles. The third kappa shape index (κ3) is 2.03. The van der Waals surface area contributed by atoms with E-state index in [0.717, 1.165) is 6.07 Å². The standard InChI is InChI=1S/C13H8N2O7S/c16-11(17)6-14-13(18)12-8-2-1-3-9(15(19)20)7(8)4-5-10(12)23(14,21)22/h1-5H,6H2,(H,16,17). The molecule has 3 rings (SSSR count). The van der Waals surface area contributed by atoms with Crippen LogP contribution in [-0.2, 0) is 14.8 Å². The highest BCUT2D eigenvalue weighted by Crippen LogP contribution is 2.37. The Morgan fingerprint density at radius 2 is 1.91 bits per heavy atom.